The third-order valence-electron chi connectivity index (χ3n) is 3.70. The van der Waals surface area contributed by atoms with Crippen LogP contribution in [-0.4, -0.2) is 26.5 Å². The third-order valence-corrected chi connectivity index (χ3v) is 3.70. The molecule has 1 saturated carbocycles. The van der Waals surface area contributed by atoms with Crippen LogP contribution < -0.4 is 5.32 Å². The first-order valence-electron chi connectivity index (χ1n) is 6.63. The average molecular weight is 262 g/mol. The lowest BCUT2D eigenvalue weighted by Crippen LogP contribution is -2.41. The molecule has 0 saturated heterocycles. The van der Waals surface area contributed by atoms with Gasteiger partial charge in [-0.25, -0.2) is 0 Å². The van der Waals surface area contributed by atoms with Gasteiger partial charge >= 0.3 is 0 Å². The van der Waals surface area contributed by atoms with Gasteiger partial charge < -0.3 is 5.32 Å². The van der Waals surface area contributed by atoms with Crippen molar-refractivity contribution in [1.82, 2.24) is 25.9 Å². The van der Waals surface area contributed by atoms with E-state index in [0.717, 1.165) is 25.7 Å². The van der Waals surface area contributed by atoms with Crippen LogP contribution in [0.15, 0.2) is 0 Å². The molecule has 19 heavy (non-hydrogen) atoms. The van der Waals surface area contributed by atoms with Crippen molar-refractivity contribution in [1.29, 1.82) is 5.26 Å². The van der Waals surface area contributed by atoms with Crippen molar-refractivity contribution in [2.75, 3.05) is 0 Å². The Balaban J connectivity index is 2.06. The predicted octanol–water partition coefficient (Wildman–Crippen LogP) is 1.24. The molecule has 1 atom stereocenters. The number of carbonyl (C=O) groups is 1. The lowest BCUT2D eigenvalue weighted by atomic mass is 9.81. The Morgan fingerprint density at radius 2 is 2.11 bits per heavy atom. The van der Waals surface area contributed by atoms with Crippen LogP contribution in [0.4, 0.5) is 0 Å². The molecule has 2 rings (SSSR count). The molecule has 1 unspecified atom stereocenters. The Kier molecular flexibility index (Phi) is 4.10. The van der Waals surface area contributed by atoms with Gasteiger partial charge in [-0.3, -0.25) is 4.79 Å². The van der Waals surface area contributed by atoms with Gasteiger partial charge in [-0.15, -0.1) is 10.2 Å². The zero-order valence-corrected chi connectivity index (χ0v) is 11.0. The van der Waals surface area contributed by atoms with Crippen LogP contribution in [0, 0.1) is 16.7 Å². The highest BCUT2D eigenvalue weighted by molar-refractivity contribution is 5.85. The van der Waals surface area contributed by atoms with Crippen LogP contribution in [0.25, 0.3) is 0 Å². The van der Waals surface area contributed by atoms with Gasteiger partial charge in [-0.05, 0) is 19.8 Å². The molecule has 1 aliphatic rings. The van der Waals surface area contributed by atoms with E-state index in [1.54, 1.807) is 6.92 Å². The topological polar surface area (TPSA) is 107 Å². The van der Waals surface area contributed by atoms with Crippen molar-refractivity contribution in [3.63, 3.8) is 0 Å². The number of H-pyrrole nitrogens is 1. The van der Waals surface area contributed by atoms with E-state index in [0.29, 0.717) is 18.7 Å². The molecule has 7 heteroatoms. The number of aromatic nitrogens is 4. The van der Waals surface area contributed by atoms with Crippen LogP contribution in [0.5, 0.6) is 0 Å². The van der Waals surface area contributed by atoms with E-state index in [4.69, 9.17) is 0 Å². The Morgan fingerprint density at radius 1 is 1.42 bits per heavy atom. The van der Waals surface area contributed by atoms with Crippen molar-refractivity contribution in [2.24, 2.45) is 5.41 Å². The predicted molar refractivity (Wildman–Crippen MR) is 66.5 cm³/mol. The Labute approximate surface area is 111 Å². The van der Waals surface area contributed by atoms with Gasteiger partial charge in [0.2, 0.25) is 5.91 Å². The molecule has 1 heterocycles. The fourth-order valence-corrected chi connectivity index (χ4v) is 2.47. The SMILES string of the molecule is CC(NC(=O)C1(C#N)CCCCCC1)c1nn[nH]n1. The van der Waals surface area contributed by atoms with E-state index < -0.39 is 5.41 Å². The van der Waals surface area contributed by atoms with E-state index in [9.17, 15) is 10.1 Å². The summed E-state index contributed by atoms with van der Waals surface area (Å²) in [7, 11) is 0. The zero-order chi connectivity index (χ0) is 13.7. The van der Waals surface area contributed by atoms with Crippen LogP contribution in [0.3, 0.4) is 0 Å². The number of nitriles is 1. The van der Waals surface area contributed by atoms with Crippen LogP contribution in [0.1, 0.15) is 57.3 Å². The molecule has 1 fully saturated rings. The minimum Gasteiger partial charge on any atom is -0.345 e. The average Bonchev–Trinajstić information content (AvgIpc) is 2.84. The first-order valence-corrected chi connectivity index (χ1v) is 6.63. The van der Waals surface area contributed by atoms with Crippen molar-refractivity contribution >= 4 is 5.91 Å². The number of amides is 1. The largest absolute Gasteiger partial charge is 0.345 e. The third kappa shape index (κ3) is 2.89. The quantitative estimate of drug-likeness (QED) is 0.797. The summed E-state index contributed by atoms with van der Waals surface area (Å²) in [6.45, 7) is 1.78. The number of hydrogen-bond acceptors (Lipinski definition) is 5. The van der Waals surface area contributed by atoms with Gasteiger partial charge in [-0.2, -0.15) is 10.5 Å². The summed E-state index contributed by atoms with van der Waals surface area (Å²) in [6.07, 6.45) is 5.31. The van der Waals surface area contributed by atoms with Crippen molar-refractivity contribution in [2.45, 2.75) is 51.5 Å². The first kappa shape index (κ1) is 13.5. The lowest BCUT2D eigenvalue weighted by Gasteiger charge is -2.25. The molecule has 0 aromatic carbocycles. The molecule has 1 aromatic heterocycles. The molecular formula is C12H18N6O. The summed E-state index contributed by atoms with van der Waals surface area (Å²) >= 11 is 0. The number of hydrogen-bond donors (Lipinski definition) is 2. The molecule has 0 aliphatic heterocycles. The minimum atomic E-state index is -0.894. The highest BCUT2D eigenvalue weighted by Gasteiger charge is 2.39. The van der Waals surface area contributed by atoms with Crippen molar-refractivity contribution < 1.29 is 4.79 Å². The van der Waals surface area contributed by atoms with Gasteiger partial charge in [-0.1, -0.05) is 30.9 Å². The van der Waals surface area contributed by atoms with E-state index >= 15 is 0 Å². The van der Waals surface area contributed by atoms with Crippen LogP contribution in [-0.2, 0) is 4.79 Å². The number of carbonyl (C=O) groups excluding carboxylic acids is 1. The number of tetrazole rings is 1. The van der Waals surface area contributed by atoms with E-state index in [1.165, 1.54) is 0 Å². The molecule has 0 spiro atoms. The van der Waals surface area contributed by atoms with E-state index in [-0.39, 0.29) is 11.9 Å². The Morgan fingerprint density at radius 3 is 2.63 bits per heavy atom. The van der Waals surface area contributed by atoms with Crippen molar-refractivity contribution in [3.8, 4) is 6.07 Å². The molecular weight excluding hydrogens is 244 g/mol. The van der Waals surface area contributed by atoms with Crippen LogP contribution >= 0.6 is 0 Å². The summed E-state index contributed by atoms with van der Waals surface area (Å²) in [5.74, 6) is 0.212. The monoisotopic (exact) mass is 262 g/mol. The fourth-order valence-electron chi connectivity index (χ4n) is 2.47. The molecule has 102 valence electrons. The molecule has 0 bridgehead atoms. The van der Waals surface area contributed by atoms with Gasteiger partial charge in [0.05, 0.1) is 12.1 Å². The number of nitrogens with zero attached hydrogens (tertiary/aromatic N) is 4. The second-order valence-corrected chi connectivity index (χ2v) is 5.07. The summed E-state index contributed by atoms with van der Waals surface area (Å²) in [5.41, 5.74) is -0.894. The molecule has 7 nitrogen and oxygen atoms in total. The van der Waals surface area contributed by atoms with Gasteiger partial charge in [0, 0.05) is 0 Å². The summed E-state index contributed by atoms with van der Waals surface area (Å²) in [4.78, 5) is 12.4. The second kappa shape index (κ2) is 5.78. The van der Waals surface area contributed by atoms with Gasteiger partial charge in [0.25, 0.3) is 0 Å². The number of rotatable bonds is 3. The van der Waals surface area contributed by atoms with Crippen molar-refractivity contribution in [3.05, 3.63) is 5.82 Å². The molecule has 1 amide bonds. The summed E-state index contributed by atoms with van der Waals surface area (Å²) in [6, 6.07) is 1.88. The Hall–Kier alpha value is -1.97. The standard InChI is InChI=1S/C12H18N6O/c1-9(10-15-17-18-16-10)14-11(19)12(8-13)6-4-2-3-5-7-12/h9H,2-7H2,1H3,(H,14,19)(H,15,16,17,18). The Bertz CT molecular complexity index is 455. The molecule has 1 aliphatic carbocycles. The van der Waals surface area contributed by atoms with Crippen LogP contribution in [0.2, 0.25) is 0 Å². The first-order chi connectivity index (χ1) is 9.18. The normalized spacial score (nSPS) is 20.0. The number of aromatic amines is 1. The van der Waals surface area contributed by atoms with E-state index in [2.05, 4.69) is 32.0 Å². The fraction of sp³-hybridized carbons (Fsp3) is 0.750. The maximum absolute atomic E-state index is 12.4. The van der Waals surface area contributed by atoms with E-state index in [1.807, 2.05) is 0 Å². The van der Waals surface area contributed by atoms with Gasteiger partial charge in [0.15, 0.2) is 5.82 Å². The minimum absolute atomic E-state index is 0.214. The summed E-state index contributed by atoms with van der Waals surface area (Å²) < 4.78 is 0. The maximum Gasteiger partial charge on any atom is 0.241 e. The smallest absolute Gasteiger partial charge is 0.241 e. The second-order valence-electron chi connectivity index (χ2n) is 5.07. The highest BCUT2D eigenvalue weighted by Crippen LogP contribution is 2.35. The molecule has 2 N–H and O–H groups in total. The lowest BCUT2D eigenvalue weighted by molar-refractivity contribution is -0.129. The summed E-state index contributed by atoms with van der Waals surface area (Å²) in [5, 5.41) is 25.7. The molecule has 0 radical (unpaired) electrons. The highest BCUT2D eigenvalue weighted by atomic mass is 16.2. The maximum atomic E-state index is 12.4. The number of nitrogens with one attached hydrogen (secondary N) is 2. The van der Waals surface area contributed by atoms with Gasteiger partial charge in [0.1, 0.15) is 5.41 Å². The molecule has 1 aromatic rings. The zero-order valence-electron chi connectivity index (χ0n) is 11.0.